The number of carbonyl (C=O) groups excluding carboxylic acids is 1. The summed E-state index contributed by atoms with van der Waals surface area (Å²) >= 11 is 1.32. The van der Waals surface area contributed by atoms with E-state index in [1.54, 1.807) is 4.68 Å². The standard InChI is InChI=1S/C17H17N5OS/c1-12-8-6-7-11-15(12)18-16(23)13(2)24-17-19-20-21-22(17)14-9-4-3-5-10-14/h3-11,13H,1-2H3,(H,18,23). The normalized spacial score (nSPS) is 11.9. The lowest BCUT2D eigenvalue weighted by molar-refractivity contribution is -0.115. The van der Waals surface area contributed by atoms with Crippen molar-refractivity contribution in [1.82, 2.24) is 20.2 Å². The highest BCUT2D eigenvalue weighted by molar-refractivity contribution is 8.00. The van der Waals surface area contributed by atoms with Gasteiger partial charge in [-0.05, 0) is 48.0 Å². The minimum absolute atomic E-state index is 0.0862. The van der Waals surface area contributed by atoms with Gasteiger partial charge in [0.2, 0.25) is 11.1 Å². The van der Waals surface area contributed by atoms with E-state index in [0.717, 1.165) is 16.9 Å². The first-order valence-corrected chi connectivity index (χ1v) is 8.40. The molecule has 3 aromatic rings. The van der Waals surface area contributed by atoms with Crippen LogP contribution in [0.25, 0.3) is 5.69 Å². The van der Waals surface area contributed by atoms with Crippen molar-refractivity contribution in [3.63, 3.8) is 0 Å². The molecular weight excluding hydrogens is 322 g/mol. The summed E-state index contributed by atoms with van der Waals surface area (Å²) < 4.78 is 1.63. The van der Waals surface area contributed by atoms with Crippen LogP contribution in [0.5, 0.6) is 0 Å². The molecule has 122 valence electrons. The van der Waals surface area contributed by atoms with Gasteiger partial charge in [0.05, 0.1) is 10.9 Å². The van der Waals surface area contributed by atoms with Gasteiger partial charge in [-0.1, -0.05) is 48.2 Å². The number of aryl methyl sites for hydroxylation is 1. The molecule has 24 heavy (non-hydrogen) atoms. The molecule has 7 heteroatoms. The summed E-state index contributed by atoms with van der Waals surface area (Å²) in [5.74, 6) is -0.0862. The van der Waals surface area contributed by atoms with Crippen LogP contribution in [0.3, 0.4) is 0 Å². The average molecular weight is 339 g/mol. The summed E-state index contributed by atoms with van der Waals surface area (Å²) in [6, 6.07) is 17.3. The summed E-state index contributed by atoms with van der Waals surface area (Å²) in [6.07, 6.45) is 0. The Hall–Kier alpha value is -2.67. The van der Waals surface area contributed by atoms with Crippen LogP contribution < -0.4 is 5.32 Å². The van der Waals surface area contributed by atoms with Crippen LogP contribution >= 0.6 is 11.8 Å². The molecule has 0 radical (unpaired) electrons. The topological polar surface area (TPSA) is 72.7 Å². The van der Waals surface area contributed by atoms with Gasteiger partial charge in [-0.25, -0.2) is 0 Å². The molecule has 0 saturated heterocycles. The maximum atomic E-state index is 12.4. The van der Waals surface area contributed by atoms with Crippen LogP contribution in [-0.4, -0.2) is 31.4 Å². The van der Waals surface area contributed by atoms with E-state index in [2.05, 4.69) is 20.8 Å². The number of carbonyl (C=O) groups is 1. The second-order valence-electron chi connectivity index (χ2n) is 5.27. The van der Waals surface area contributed by atoms with E-state index < -0.39 is 0 Å². The number of anilines is 1. The lowest BCUT2D eigenvalue weighted by Crippen LogP contribution is -2.23. The number of rotatable bonds is 5. The lowest BCUT2D eigenvalue weighted by Gasteiger charge is -2.13. The van der Waals surface area contributed by atoms with E-state index in [4.69, 9.17) is 0 Å². The molecule has 2 aromatic carbocycles. The highest BCUT2D eigenvalue weighted by Gasteiger charge is 2.19. The number of tetrazole rings is 1. The fourth-order valence-electron chi connectivity index (χ4n) is 2.14. The van der Waals surface area contributed by atoms with Crippen LogP contribution in [0.2, 0.25) is 0 Å². The fraction of sp³-hybridized carbons (Fsp3) is 0.176. The van der Waals surface area contributed by atoms with Gasteiger partial charge < -0.3 is 5.32 Å². The lowest BCUT2D eigenvalue weighted by atomic mass is 10.2. The van der Waals surface area contributed by atoms with E-state index >= 15 is 0 Å². The molecule has 0 aliphatic carbocycles. The molecule has 0 saturated carbocycles. The van der Waals surface area contributed by atoms with E-state index in [9.17, 15) is 4.79 Å². The van der Waals surface area contributed by atoms with Crippen molar-refractivity contribution in [2.45, 2.75) is 24.3 Å². The van der Waals surface area contributed by atoms with Crippen molar-refractivity contribution in [1.29, 1.82) is 0 Å². The predicted octanol–water partition coefficient (Wildman–Crippen LogP) is 3.09. The van der Waals surface area contributed by atoms with E-state index in [1.165, 1.54) is 11.8 Å². The van der Waals surface area contributed by atoms with Crippen LogP contribution in [0.4, 0.5) is 5.69 Å². The van der Waals surface area contributed by atoms with Gasteiger partial charge in [0.15, 0.2) is 0 Å². The van der Waals surface area contributed by atoms with Crippen molar-refractivity contribution in [3.05, 3.63) is 60.2 Å². The van der Waals surface area contributed by atoms with Gasteiger partial charge in [-0.3, -0.25) is 4.79 Å². The van der Waals surface area contributed by atoms with Crippen molar-refractivity contribution in [2.75, 3.05) is 5.32 Å². The van der Waals surface area contributed by atoms with Crippen molar-refractivity contribution in [2.24, 2.45) is 0 Å². The molecule has 1 aromatic heterocycles. The Labute approximate surface area is 144 Å². The number of hydrogen-bond acceptors (Lipinski definition) is 5. The van der Waals surface area contributed by atoms with E-state index in [-0.39, 0.29) is 11.2 Å². The number of benzene rings is 2. The van der Waals surface area contributed by atoms with Crippen LogP contribution in [0.1, 0.15) is 12.5 Å². The number of thioether (sulfide) groups is 1. The third kappa shape index (κ3) is 3.62. The fourth-order valence-corrected chi connectivity index (χ4v) is 2.95. The molecule has 0 fully saturated rings. The summed E-state index contributed by atoms with van der Waals surface area (Å²) in [5, 5.41) is 14.9. The Kier molecular flexibility index (Phi) is 4.90. The summed E-state index contributed by atoms with van der Waals surface area (Å²) in [4.78, 5) is 12.4. The molecule has 1 heterocycles. The third-order valence-corrected chi connectivity index (χ3v) is 4.53. The maximum Gasteiger partial charge on any atom is 0.237 e. The Morgan fingerprint density at radius 3 is 2.58 bits per heavy atom. The highest BCUT2D eigenvalue weighted by Crippen LogP contribution is 2.24. The monoisotopic (exact) mass is 339 g/mol. The number of amides is 1. The molecule has 0 spiro atoms. The molecule has 0 bridgehead atoms. The van der Waals surface area contributed by atoms with Crippen LogP contribution in [-0.2, 0) is 4.79 Å². The number of aromatic nitrogens is 4. The average Bonchev–Trinajstić information content (AvgIpc) is 3.05. The van der Waals surface area contributed by atoms with Crippen LogP contribution in [0.15, 0.2) is 59.8 Å². The van der Waals surface area contributed by atoms with Gasteiger partial charge >= 0.3 is 0 Å². The second kappa shape index (κ2) is 7.27. The Balaban J connectivity index is 1.72. The number of para-hydroxylation sites is 2. The van der Waals surface area contributed by atoms with E-state index in [0.29, 0.717) is 5.16 Å². The second-order valence-corrected chi connectivity index (χ2v) is 6.58. The Morgan fingerprint density at radius 1 is 1.12 bits per heavy atom. The summed E-state index contributed by atoms with van der Waals surface area (Å²) in [6.45, 7) is 3.80. The molecule has 1 unspecified atom stereocenters. The summed E-state index contributed by atoms with van der Waals surface area (Å²) in [7, 11) is 0. The zero-order chi connectivity index (χ0) is 16.9. The van der Waals surface area contributed by atoms with Crippen molar-refractivity contribution in [3.8, 4) is 5.69 Å². The first-order valence-electron chi connectivity index (χ1n) is 7.52. The number of nitrogens with one attached hydrogen (secondary N) is 1. The smallest absolute Gasteiger partial charge is 0.237 e. The molecule has 0 aliphatic rings. The Bertz CT molecular complexity index is 834. The van der Waals surface area contributed by atoms with Gasteiger partial charge in [0.25, 0.3) is 0 Å². The van der Waals surface area contributed by atoms with E-state index in [1.807, 2.05) is 68.4 Å². The quantitative estimate of drug-likeness (QED) is 0.723. The number of hydrogen-bond donors (Lipinski definition) is 1. The minimum atomic E-state index is -0.335. The first kappa shape index (κ1) is 16.2. The van der Waals surface area contributed by atoms with Gasteiger partial charge in [0, 0.05) is 5.69 Å². The van der Waals surface area contributed by atoms with Crippen LogP contribution in [0, 0.1) is 6.92 Å². The third-order valence-electron chi connectivity index (χ3n) is 3.50. The highest BCUT2D eigenvalue weighted by atomic mass is 32.2. The molecule has 1 N–H and O–H groups in total. The molecule has 1 atom stereocenters. The first-order chi connectivity index (χ1) is 11.6. The minimum Gasteiger partial charge on any atom is -0.325 e. The van der Waals surface area contributed by atoms with Gasteiger partial charge in [-0.15, -0.1) is 5.10 Å². The predicted molar refractivity (Wildman–Crippen MR) is 94.3 cm³/mol. The van der Waals surface area contributed by atoms with Crippen molar-refractivity contribution >= 4 is 23.4 Å². The molecular formula is C17H17N5OS. The molecule has 0 aliphatic heterocycles. The SMILES string of the molecule is Cc1ccccc1NC(=O)C(C)Sc1nnnn1-c1ccccc1. The number of nitrogens with zero attached hydrogens (tertiary/aromatic N) is 4. The molecule has 1 amide bonds. The molecule has 3 rings (SSSR count). The van der Waals surface area contributed by atoms with Crippen molar-refractivity contribution < 1.29 is 4.79 Å². The maximum absolute atomic E-state index is 12.4. The van der Waals surface area contributed by atoms with Gasteiger partial charge in [0.1, 0.15) is 0 Å². The zero-order valence-electron chi connectivity index (χ0n) is 13.4. The molecule has 6 nitrogen and oxygen atoms in total. The zero-order valence-corrected chi connectivity index (χ0v) is 14.2. The summed E-state index contributed by atoms with van der Waals surface area (Å²) in [5.41, 5.74) is 2.70. The largest absolute Gasteiger partial charge is 0.325 e. The Morgan fingerprint density at radius 2 is 1.83 bits per heavy atom. The van der Waals surface area contributed by atoms with Gasteiger partial charge in [-0.2, -0.15) is 4.68 Å².